The van der Waals surface area contributed by atoms with Crippen LogP contribution in [0, 0.1) is 5.82 Å². The summed E-state index contributed by atoms with van der Waals surface area (Å²) in [6.45, 7) is 2.96. The van der Waals surface area contributed by atoms with Crippen molar-refractivity contribution in [2.45, 2.75) is 25.8 Å². The van der Waals surface area contributed by atoms with Crippen molar-refractivity contribution in [3.05, 3.63) is 35.6 Å². The molecule has 0 fully saturated rings. The molecule has 0 aliphatic rings. The van der Waals surface area contributed by atoms with Crippen LogP contribution in [-0.2, 0) is 0 Å². The summed E-state index contributed by atoms with van der Waals surface area (Å²) in [4.78, 5) is 0. The molecule has 0 aliphatic heterocycles. The highest BCUT2D eigenvalue weighted by molar-refractivity contribution is 7.98. The zero-order chi connectivity index (χ0) is 11.8. The van der Waals surface area contributed by atoms with Gasteiger partial charge in [-0.2, -0.15) is 11.8 Å². The van der Waals surface area contributed by atoms with Crippen molar-refractivity contribution in [2.24, 2.45) is 0 Å². The molecule has 1 N–H and O–H groups in total. The lowest BCUT2D eigenvalue weighted by Crippen LogP contribution is -2.20. The molecule has 0 saturated heterocycles. The number of halogens is 1. The van der Waals surface area contributed by atoms with E-state index in [9.17, 15) is 4.39 Å². The van der Waals surface area contributed by atoms with Crippen LogP contribution in [0.25, 0.3) is 0 Å². The molecule has 1 atom stereocenters. The van der Waals surface area contributed by atoms with Gasteiger partial charge in [0, 0.05) is 11.6 Å². The van der Waals surface area contributed by atoms with Crippen LogP contribution in [0.4, 0.5) is 4.39 Å². The predicted octanol–water partition coefficient (Wildman–Crippen LogP) is 3.62. The fourth-order valence-corrected chi connectivity index (χ4v) is 2.12. The Morgan fingerprint density at radius 1 is 1.31 bits per heavy atom. The van der Waals surface area contributed by atoms with Gasteiger partial charge >= 0.3 is 0 Å². The molecule has 1 nitrogen and oxygen atoms in total. The van der Waals surface area contributed by atoms with E-state index in [0.29, 0.717) is 0 Å². The Kier molecular flexibility index (Phi) is 6.50. The zero-order valence-corrected chi connectivity index (χ0v) is 10.8. The largest absolute Gasteiger partial charge is 0.310 e. The Morgan fingerprint density at radius 3 is 2.75 bits per heavy atom. The normalized spacial score (nSPS) is 12.7. The topological polar surface area (TPSA) is 12.0 Å². The monoisotopic (exact) mass is 241 g/mol. The number of nitrogens with one attached hydrogen (secondary N) is 1. The average Bonchev–Trinajstić information content (AvgIpc) is 2.29. The molecule has 0 spiro atoms. The van der Waals surface area contributed by atoms with E-state index in [1.807, 2.05) is 30.8 Å². The molecule has 0 amide bonds. The molecular formula is C13H20FNS. The average molecular weight is 241 g/mol. The van der Waals surface area contributed by atoms with Crippen LogP contribution in [-0.4, -0.2) is 18.6 Å². The second-order valence-corrected chi connectivity index (χ2v) is 4.88. The highest BCUT2D eigenvalue weighted by atomic mass is 32.2. The van der Waals surface area contributed by atoms with E-state index in [4.69, 9.17) is 0 Å². The molecular weight excluding hydrogens is 221 g/mol. The first-order valence-electron chi connectivity index (χ1n) is 5.72. The summed E-state index contributed by atoms with van der Waals surface area (Å²) in [6.07, 6.45) is 4.49. The maximum Gasteiger partial charge on any atom is 0.127 e. The number of unbranched alkanes of at least 4 members (excludes halogenated alkanes) is 1. The van der Waals surface area contributed by atoms with E-state index in [2.05, 4.69) is 11.6 Å². The number of rotatable bonds is 7. The van der Waals surface area contributed by atoms with Gasteiger partial charge in [0.2, 0.25) is 0 Å². The lowest BCUT2D eigenvalue weighted by Gasteiger charge is -2.14. The molecule has 0 heterocycles. The molecule has 1 aromatic rings. The molecule has 0 bridgehead atoms. The molecule has 1 aromatic carbocycles. The third-order valence-corrected chi connectivity index (χ3v) is 3.29. The van der Waals surface area contributed by atoms with Gasteiger partial charge in [0.05, 0.1) is 0 Å². The Morgan fingerprint density at radius 2 is 2.06 bits per heavy atom. The van der Waals surface area contributed by atoms with Crippen LogP contribution in [0.15, 0.2) is 24.3 Å². The van der Waals surface area contributed by atoms with Gasteiger partial charge in [-0.1, -0.05) is 18.2 Å². The number of hydrogen-bond acceptors (Lipinski definition) is 2. The summed E-state index contributed by atoms with van der Waals surface area (Å²) in [5.74, 6) is 1.09. The van der Waals surface area contributed by atoms with Crippen molar-refractivity contribution >= 4 is 11.8 Å². The van der Waals surface area contributed by atoms with E-state index in [-0.39, 0.29) is 11.9 Å². The van der Waals surface area contributed by atoms with Crippen molar-refractivity contribution in [3.63, 3.8) is 0 Å². The van der Waals surface area contributed by atoms with Gasteiger partial charge in [-0.25, -0.2) is 4.39 Å². The summed E-state index contributed by atoms with van der Waals surface area (Å²) >= 11 is 1.87. The predicted molar refractivity (Wildman–Crippen MR) is 70.4 cm³/mol. The van der Waals surface area contributed by atoms with Gasteiger partial charge in [-0.15, -0.1) is 0 Å². The standard InChI is InChI=1S/C13H20FNS/c1-11(15-9-5-6-10-16-2)12-7-3-4-8-13(12)14/h3-4,7-8,11,15H,5-6,9-10H2,1-2H3/t11-/m1/s1. The summed E-state index contributed by atoms with van der Waals surface area (Å²) in [5, 5.41) is 3.35. The first kappa shape index (κ1) is 13.5. The highest BCUT2D eigenvalue weighted by Crippen LogP contribution is 2.15. The van der Waals surface area contributed by atoms with Crippen LogP contribution in [0.1, 0.15) is 31.4 Å². The SMILES string of the molecule is CSCCCCN[C@H](C)c1ccccc1F. The third kappa shape index (κ3) is 4.54. The fraction of sp³-hybridized carbons (Fsp3) is 0.538. The number of hydrogen-bond donors (Lipinski definition) is 1. The molecule has 90 valence electrons. The summed E-state index contributed by atoms with van der Waals surface area (Å²) in [7, 11) is 0. The van der Waals surface area contributed by atoms with Crippen molar-refractivity contribution < 1.29 is 4.39 Å². The fourth-order valence-electron chi connectivity index (χ4n) is 1.63. The van der Waals surface area contributed by atoms with Gasteiger partial charge in [0.15, 0.2) is 0 Å². The molecule has 0 radical (unpaired) electrons. The Hall–Kier alpha value is -0.540. The maximum atomic E-state index is 13.4. The summed E-state index contributed by atoms with van der Waals surface area (Å²) < 4.78 is 13.4. The molecule has 0 aromatic heterocycles. The second-order valence-electron chi connectivity index (χ2n) is 3.90. The highest BCUT2D eigenvalue weighted by Gasteiger charge is 2.08. The van der Waals surface area contributed by atoms with Crippen LogP contribution in [0.2, 0.25) is 0 Å². The lowest BCUT2D eigenvalue weighted by atomic mass is 10.1. The van der Waals surface area contributed by atoms with Crippen LogP contribution >= 0.6 is 11.8 Å². The Balaban J connectivity index is 2.30. The molecule has 3 heteroatoms. The lowest BCUT2D eigenvalue weighted by molar-refractivity contribution is 0.520. The molecule has 0 unspecified atom stereocenters. The Bertz CT molecular complexity index is 304. The van der Waals surface area contributed by atoms with Gasteiger partial charge in [0.25, 0.3) is 0 Å². The van der Waals surface area contributed by atoms with E-state index < -0.39 is 0 Å². The van der Waals surface area contributed by atoms with Gasteiger partial charge in [-0.05, 0) is 44.4 Å². The molecule has 16 heavy (non-hydrogen) atoms. The van der Waals surface area contributed by atoms with Crippen LogP contribution in [0.5, 0.6) is 0 Å². The summed E-state index contributed by atoms with van der Waals surface area (Å²) in [6, 6.07) is 7.06. The Labute approximate surface area is 102 Å². The minimum Gasteiger partial charge on any atom is -0.310 e. The van der Waals surface area contributed by atoms with Gasteiger partial charge in [0.1, 0.15) is 5.82 Å². The van der Waals surface area contributed by atoms with Gasteiger partial charge < -0.3 is 5.32 Å². The minimum absolute atomic E-state index is 0.0930. The quantitative estimate of drug-likeness (QED) is 0.732. The molecule has 0 saturated carbocycles. The van der Waals surface area contributed by atoms with Crippen molar-refractivity contribution in [3.8, 4) is 0 Å². The summed E-state index contributed by atoms with van der Waals surface area (Å²) in [5.41, 5.74) is 0.757. The van der Waals surface area contributed by atoms with E-state index >= 15 is 0 Å². The van der Waals surface area contributed by atoms with Crippen LogP contribution < -0.4 is 5.32 Å². The number of benzene rings is 1. The van der Waals surface area contributed by atoms with E-state index in [1.54, 1.807) is 6.07 Å². The van der Waals surface area contributed by atoms with Crippen molar-refractivity contribution in [1.29, 1.82) is 0 Å². The van der Waals surface area contributed by atoms with E-state index in [1.165, 1.54) is 18.2 Å². The van der Waals surface area contributed by atoms with Crippen molar-refractivity contribution in [2.75, 3.05) is 18.6 Å². The van der Waals surface area contributed by atoms with E-state index in [0.717, 1.165) is 18.5 Å². The molecule has 1 rings (SSSR count). The van der Waals surface area contributed by atoms with Crippen molar-refractivity contribution in [1.82, 2.24) is 5.32 Å². The first-order chi connectivity index (χ1) is 7.75. The van der Waals surface area contributed by atoms with Gasteiger partial charge in [-0.3, -0.25) is 0 Å². The third-order valence-electron chi connectivity index (χ3n) is 2.60. The molecule has 0 aliphatic carbocycles. The minimum atomic E-state index is -0.119. The maximum absolute atomic E-state index is 13.4. The number of thioether (sulfide) groups is 1. The second kappa shape index (κ2) is 7.69. The zero-order valence-electron chi connectivity index (χ0n) is 10.0. The smallest absolute Gasteiger partial charge is 0.127 e. The van der Waals surface area contributed by atoms with Crippen LogP contribution in [0.3, 0.4) is 0 Å². The first-order valence-corrected chi connectivity index (χ1v) is 7.12.